The van der Waals surface area contributed by atoms with Crippen LogP contribution in [0.2, 0.25) is 0 Å². The van der Waals surface area contributed by atoms with Crippen molar-refractivity contribution in [3.8, 4) is 28.7 Å². The summed E-state index contributed by atoms with van der Waals surface area (Å²) in [4.78, 5) is 16.3. The second-order valence-corrected chi connectivity index (χ2v) is 13.3. The smallest absolute Gasteiger partial charge is 0.492 e. The first-order valence-electron chi connectivity index (χ1n) is 15.5. The fourth-order valence-electron chi connectivity index (χ4n) is 7.08. The fraction of sp³-hybridized carbons (Fsp3) is 0.594. The molecule has 5 aliphatic heterocycles. The zero-order valence-corrected chi connectivity index (χ0v) is 26.0. The van der Waals surface area contributed by atoms with Crippen LogP contribution in [0.15, 0.2) is 30.3 Å². The molecule has 0 bridgehead atoms. The van der Waals surface area contributed by atoms with E-state index in [4.69, 9.17) is 18.9 Å². The first-order chi connectivity index (χ1) is 22.1. The van der Waals surface area contributed by atoms with E-state index >= 15 is 0 Å². The van der Waals surface area contributed by atoms with Crippen LogP contribution >= 0.6 is 0 Å². The van der Waals surface area contributed by atoms with Gasteiger partial charge in [0.15, 0.2) is 17.3 Å². The summed E-state index contributed by atoms with van der Waals surface area (Å²) in [5.74, 6) is -1.44. The summed E-state index contributed by atoms with van der Waals surface area (Å²) < 4.78 is 104. The summed E-state index contributed by atoms with van der Waals surface area (Å²) in [6.45, 7) is 8.10. The quantitative estimate of drug-likeness (QED) is 0.404. The minimum atomic E-state index is -4.89. The lowest BCUT2D eigenvalue weighted by atomic mass is 9.81. The predicted molar refractivity (Wildman–Crippen MR) is 153 cm³/mol. The molecule has 2 aromatic rings. The number of halogens is 5. The number of hydrogen-bond donors (Lipinski definition) is 1. The van der Waals surface area contributed by atoms with Crippen LogP contribution in [0.4, 0.5) is 22.0 Å². The average molecular weight is 671 g/mol. The Bertz CT molecular complexity index is 1550. The lowest BCUT2D eigenvalue weighted by Crippen LogP contribution is -2.48. The van der Waals surface area contributed by atoms with Gasteiger partial charge in [-0.1, -0.05) is 0 Å². The van der Waals surface area contributed by atoms with Crippen LogP contribution in [-0.2, 0) is 19.7 Å². The molecule has 0 saturated carbocycles. The Morgan fingerprint density at radius 2 is 1.74 bits per heavy atom. The molecule has 0 unspecified atom stereocenters. The molecule has 7 rings (SSSR count). The molecule has 256 valence electrons. The topological polar surface area (TPSA) is 97.0 Å². The molecule has 1 N–H and O–H groups in total. The van der Waals surface area contributed by atoms with E-state index in [1.165, 1.54) is 30.3 Å². The summed E-state index contributed by atoms with van der Waals surface area (Å²) in [7, 11) is 0. The lowest BCUT2D eigenvalue weighted by molar-refractivity contribution is -0.286. The first kappa shape index (κ1) is 32.0. The van der Waals surface area contributed by atoms with Gasteiger partial charge >= 0.3 is 12.7 Å². The number of rotatable bonds is 6. The Balaban J connectivity index is 1.09. The number of likely N-dealkylation sites (tertiary alicyclic amines) is 1. The lowest BCUT2D eigenvalue weighted by Gasteiger charge is -2.41. The van der Waals surface area contributed by atoms with E-state index in [0.717, 1.165) is 32.5 Å². The molecule has 15 heteroatoms. The normalized spacial score (nSPS) is 29.4. The van der Waals surface area contributed by atoms with Gasteiger partial charge in [0.1, 0.15) is 35.4 Å². The van der Waals surface area contributed by atoms with E-state index in [-0.39, 0.29) is 41.6 Å². The van der Waals surface area contributed by atoms with Crippen LogP contribution in [0.1, 0.15) is 57.2 Å². The molecule has 0 aliphatic carbocycles. The second kappa shape index (κ2) is 11.3. The summed E-state index contributed by atoms with van der Waals surface area (Å²) in [6.07, 6.45) is -7.26. The number of nitrogens with zero attached hydrogens (tertiary/aromatic N) is 1. The maximum absolute atomic E-state index is 14.0. The first-order valence-corrected chi connectivity index (χ1v) is 15.5. The Hall–Kier alpha value is -3.56. The third-order valence-electron chi connectivity index (χ3n) is 9.45. The van der Waals surface area contributed by atoms with Crippen LogP contribution in [0, 0.1) is 5.92 Å². The maximum Gasteiger partial charge on any atom is 0.586 e. The van der Waals surface area contributed by atoms with E-state index < -0.39 is 47.7 Å². The summed E-state index contributed by atoms with van der Waals surface area (Å²) >= 11 is 0. The van der Waals surface area contributed by atoms with Gasteiger partial charge < -0.3 is 43.4 Å². The summed E-state index contributed by atoms with van der Waals surface area (Å²) in [5, 5.41) is 3.06. The Morgan fingerprint density at radius 1 is 1.02 bits per heavy atom. The molecule has 0 spiro atoms. The van der Waals surface area contributed by atoms with E-state index in [1.807, 2.05) is 13.8 Å². The van der Waals surface area contributed by atoms with Crippen molar-refractivity contribution in [1.29, 1.82) is 0 Å². The van der Waals surface area contributed by atoms with E-state index in [9.17, 15) is 26.7 Å². The van der Waals surface area contributed by atoms with Crippen molar-refractivity contribution in [2.75, 3.05) is 32.8 Å². The molecule has 10 nitrogen and oxygen atoms in total. The molecule has 2 saturated heterocycles. The van der Waals surface area contributed by atoms with Crippen molar-refractivity contribution < 1.29 is 59.9 Å². The van der Waals surface area contributed by atoms with E-state index in [1.54, 1.807) is 6.92 Å². The number of carbonyl (C=O) groups is 1. The third kappa shape index (κ3) is 6.49. The zero-order valence-electron chi connectivity index (χ0n) is 26.0. The minimum absolute atomic E-state index is 0.0336. The maximum atomic E-state index is 14.0. The van der Waals surface area contributed by atoms with Crippen molar-refractivity contribution in [2.45, 2.75) is 82.1 Å². The standard InChI is InChI=1S/C32H35F5N2O8/c1-29(2)42-15-19(44-29)14-39-8-6-17(7-9-39)23-12-22(20-5-4-18(10-24(20)43-23)45-31(33,34)35)38-28(40)30(3)16-41-25-13-27-26(11-21(25)30)46-32(36,37)47-27/h4-5,10-11,13,17,19,22-23H,6-9,12,14-16H2,1-3H3,(H,38,40)/t19-,22+,23+,30-/m0/s1. The van der Waals surface area contributed by atoms with Gasteiger partial charge in [0.05, 0.1) is 18.8 Å². The number of carbonyl (C=O) groups excluding carboxylic acids is 1. The van der Waals surface area contributed by atoms with Crippen molar-refractivity contribution in [2.24, 2.45) is 5.92 Å². The molecule has 2 fully saturated rings. The number of ether oxygens (including phenoxy) is 7. The fourth-order valence-corrected chi connectivity index (χ4v) is 7.08. The average Bonchev–Trinajstić information content (AvgIpc) is 3.61. The monoisotopic (exact) mass is 670 g/mol. The van der Waals surface area contributed by atoms with Gasteiger partial charge in [-0.05, 0) is 70.8 Å². The van der Waals surface area contributed by atoms with Gasteiger partial charge in [-0.2, -0.15) is 0 Å². The van der Waals surface area contributed by atoms with Gasteiger partial charge in [-0.25, -0.2) is 0 Å². The highest BCUT2D eigenvalue weighted by molar-refractivity contribution is 5.90. The van der Waals surface area contributed by atoms with Crippen LogP contribution in [-0.4, -0.2) is 74.3 Å². The third-order valence-corrected chi connectivity index (χ3v) is 9.45. The Morgan fingerprint density at radius 3 is 2.43 bits per heavy atom. The van der Waals surface area contributed by atoms with Crippen molar-refractivity contribution in [1.82, 2.24) is 10.2 Å². The highest BCUT2D eigenvalue weighted by Gasteiger charge is 2.50. The van der Waals surface area contributed by atoms with Crippen LogP contribution in [0.25, 0.3) is 0 Å². The SMILES string of the molecule is CC1(C)OC[C@H](CN2CCC([C@H]3C[C@@H](NC(=O)[C@@]4(C)COc5cc6c(cc54)OC(F)(F)O6)c4ccc(OC(F)(F)F)cc4O3)CC2)O1. The van der Waals surface area contributed by atoms with E-state index in [2.05, 4.69) is 24.4 Å². The van der Waals surface area contributed by atoms with Crippen LogP contribution in [0.5, 0.6) is 28.7 Å². The van der Waals surface area contributed by atoms with Gasteiger partial charge in [0.2, 0.25) is 5.91 Å². The molecule has 47 heavy (non-hydrogen) atoms. The summed E-state index contributed by atoms with van der Waals surface area (Å²) in [6, 6.07) is 5.79. The molecular weight excluding hydrogens is 635 g/mol. The number of piperidine rings is 1. The minimum Gasteiger partial charge on any atom is -0.492 e. The van der Waals surface area contributed by atoms with Crippen molar-refractivity contribution in [3.05, 3.63) is 41.5 Å². The summed E-state index contributed by atoms with van der Waals surface area (Å²) in [5.41, 5.74) is -0.444. The number of alkyl halides is 5. The van der Waals surface area contributed by atoms with Crippen LogP contribution < -0.4 is 29.0 Å². The second-order valence-electron chi connectivity index (χ2n) is 13.3. The highest BCUT2D eigenvalue weighted by Crippen LogP contribution is 2.50. The van der Waals surface area contributed by atoms with Gasteiger partial charge in [-0.3, -0.25) is 4.79 Å². The Labute approximate surface area is 267 Å². The molecular formula is C32H35F5N2O8. The van der Waals surface area contributed by atoms with E-state index in [0.29, 0.717) is 24.2 Å². The van der Waals surface area contributed by atoms with Crippen molar-refractivity contribution >= 4 is 5.91 Å². The number of benzene rings is 2. The molecule has 5 aliphatic rings. The molecule has 4 atom stereocenters. The number of nitrogens with one attached hydrogen (secondary N) is 1. The molecule has 1 amide bonds. The predicted octanol–water partition coefficient (Wildman–Crippen LogP) is 5.43. The largest absolute Gasteiger partial charge is 0.586 e. The van der Waals surface area contributed by atoms with Crippen LogP contribution in [0.3, 0.4) is 0 Å². The van der Waals surface area contributed by atoms with Crippen molar-refractivity contribution in [3.63, 3.8) is 0 Å². The number of fused-ring (bicyclic) bond motifs is 3. The zero-order chi connectivity index (χ0) is 33.4. The molecule has 0 aromatic heterocycles. The number of hydrogen-bond acceptors (Lipinski definition) is 9. The molecule has 2 aromatic carbocycles. The molecule has 0 radical (unpaired) electrons. The number of amides is 1. The van der Waals surface area contributed by atoms with Gasteiger partial charge in [0.25, 0.3) is 0 Å². The molecule has 5 heterocycles. The van der Waals surface area contributed by atoms with Gasteiger partial charge in [-0.15, -0.1) is 22.0 Å². The Kier molecular flexibility index (Phi) is 7.67. The highest BCUT2D eigenvalue weighted by atomic mass is 19.4. The van der Waals surface area contributed by atoms with Gasteiger partial charge in [0, 0.05) is 36.2 Å².